The number of carbonyl (C=O) groups is 1. The second kappa shape index (κ2) is 4.13. The van der Waals surface area contributed by atoms with Crippen LogP contribution in [0.4, 0.5) is 0 Å². The molecular weight excluding hydrogens is 180 g/mol. The first kappa shape index (κ1) is 9.71. The van der Waals surface area contributed by atoms with Crippen molar-refractivity contribution in [2.24, 2.45) is 17.8 Å². The molecule has 2 bridgehead atoms. The van der Waals surface area contributed by atoms with Crippen LogP contribution in [0.25, 0.3) is 0 Å². The number of fused-ring (bicyclic) bond motifs is 2. The van der Waals surface area contributed by atoms with E-state index in [0.29, 0.717) is 11.8 Å². The van der Waals surface area contributed by atoms with E-state index in [1.54, 1.807) is 0 Å². The molecule has 1 saturated carbocycles. The lowest BCUT2D eigenvalue weighted by molar-refractivity contribution is -0.150. The number of carbonyl (C=O) groups excluding carboxylic acids is 1. The lowest BCUT2D eigenvalue weighted by Crippen LogP contribution is -2.21. The van der Waals surface area contributed by atoms with Gasteiger partial charge in [0.25, 0.3) is 0 Å². The molecule has 2 aliphatic rings. The molecule has 1 N–H and O–H groups in total. The van der Waals surface area contributed by atoms with Crippen LogP contribution in [0.15, 0.2) is 12.2 Å². The molecule has 78 valence electrons. The first-order chi connectivity index (χ1) is 6.81. The molecule has 0 heterocycles. The monoisotopic (exact) mass is 196 g/mol. The summed E-state index contributed by atoms with van der Waals surface area (Å²) >= 11 is 0. The summed E-state index contributed by atoms with van der Waals surface area (Å²) in [5.74, 6) is 0.986. The van der Waals surface area contributed by atoms with E-state index in [0.717, 1.165) is 19.3 Å². The van der Waals surface area contributed by atoms with Gasteiger partial charge in [-0.25, -0.2) is 0 Å². The summed E-state index contributed by atoms with van der Waals surface area (Å²) in [7, 11) is 0. The van der Waals surface area contributed by atoms with Crippen molar-refractivity contribution in [1.82, 2.24) is 0 Å². The second-order valence-corrected chi connectivity index (χ2v) is 4.16. The third-order valence-electron chi connectivity index (χ3n) is 3.20. The van der Waals surface area contributed by atoms with Crippen molar-refractivity contribution in [1.29, 1.82) is 0 Å². The third kappa shape index (κ3) is 1.82. The highest BCUT2D eigenvalue weighted by molar-refractivity contribution is 5.73. The molecule has 1 fully saturated rings. The van der Waals surface area contributed by atoms with Gasteiger partial charge in [-0.05, 0) is 31.1 Å². The van der Waals surface area contributed by atoms with E-state index in [1.165, 1.54) is 0 Å². The first-order valence-electron chi connectivity index (χ1n) is 5.25. The van der Waals surface area contributed by atoms with Crippen molar-refractivity contribution in [2.45, 2.75) is 19.3 Å². The summed E-state index contributed by atoms with van der Waals surface area (Å²) in [6, 6.07) is 0. The van der Waals surface area contributed by atoms with E-state index >= 15 is 0 Å². The average Bonchev–Trinajstić information content (AvgIpc) is 2.50. The maximum absolute atomic E-state index is 11.6. The zero-order valence-electron chi connectivity index (χ0n) is 8.19. The van der Waals surface area contributed by atoms with Crippen LogP contribution in [-0.2, 0) is 9.53 Å². The highest BCUT2D eigenvalue weighted by Gasteiger charge is 2.39. The van der Waals surface area contributed by atoms with Gasteiger partial charge in [-0.15, -0.1) is 0 Å². The Balaban J connectivity index is 1.92. The summed E-state index contributed by atoms with van der Waals surface area (Å²) in [4.78, 5) is 11.6. The fourth-order valence-corrected chi connectivity index (χ4v) is 2.55. The molecule has 3 heteroatoms. The van der Waals surface area contributed by atoms with Gasteiger partial charge in [0.05, 0.1) is 12.5 Å². The summed E-state index contributed by atoms with van der Waals surface area (Å²) in [6.45, 7) is 0.0544. The fourth-order valence-electron chi connectivity index (χ4n) is 2.55. The highest BCUT2D eigenvalue weighted by Crippen LogP contribution is 2.42. The van der Waals surface area contributed by atoms with Crippen molar-refractivity contribution >= 4 is 5.97 Å². The molecule has 2 rings (SSSR count). The molecule has 3 atom stereocenters. The number of hydrogen-bond acceptors (Lipinski definition) is 3. The summed E-state index contributed by atoms with van der Waals surface area (Å²) in [5, 5.41) is 8.55. The minimum atomic E-state index is -0.127. The quantitative estimate of drug-likeness (QED) is 0.543. The van der Waals surface area contributed by atoms with E-state index in [-0.39, 0.29) is 25.1 Å². The Kier molecular flexibility index (Phi) is 2.87. The standard InChI is InChI=1S/C11H16O3/c12-4-5-14-11(13)10-7-8-2-1-3-9(10)6-8/h1,3,8-10,12H,2,4-7H2. The topological polar surface area (TPSA) is 46.5 Å². The normalized spacial score (nSPS) is 34.5. The Morgan fingerprint density at radius 3 is 3.07 bits per heavy atom. The lowest BCUT2D eigenvalue weighted by atomic mass is 9.93. The molecule has 0 aromatic rings. The van der Waals surface area contributed by atoms with E-state index in [4.69, 9.17) is 9.84 Å². The highest BCUT2D eigenvalue weighted by atomic mass is 16.5. The van der Waals surface area contributed by atoms with Gasteiger partial charge < -0.3 is 9.84 Å². The predicted molar refractivity (Wildman–Crippen MR) is 51.5 cm³/mol. The number of hydrogen-bond donors (Lipinski definition) is 1. The maximum atomic E-state index is 11.6. The second-order valence-electron chi connectivity index (χ2n) is 4.16. The first-order valence-corrected chi connectivity index (χ1v) is 5.25. The number of ether oxygens (including phenoxy) is 1. The average molecular weight is 196 g/mol. The van der Waals surface area contributed by atoms with Gasteiger partial charge in [-0.3, -0.25) is 4.79 Å². The molecule has 0 spiro atoms. The summed E-state index contributed by atoms with van der Waals surface area (Å²) in [6.07, 6.45) is 7.53. The Bertz CT molecular complexity index is 247. The molecule has 3 nitrogen and oxygen atoms in total. The van der Waals surface area contributed by atoms with E-state index in [2.05, 4.69) is 12.2 Å². The van der Waals surface area contributed by atoms with Crippen LogP contribution in [-0.4, -0.2) is 24.3 Å². The SMILES string of the molecule is O=C(OCCO)C1CC2CC=CC1C2. The van der Waals surface area contributed by atoms with Crippen molar-refractivity contribution in [3.05, 3.63) is 12.2 Å². The molecular formula is C11H16O3. The predicted octanol–water partition coefficient (Wildman–Crippen LogP) is 1.12. The molecule has 0 aromatic carbocycles. The van der Waals surface area contributed by atoms with Crippen molar-refractivity contribution in [3.63, 3.8) is 0 Å². The molecule has 0 radical (unpaired) electrons. The molecule has 2 aliphatic carbocycles. The van der Waals surface area contributed by atoms with Gasteiger partial charge in [0, 0.05) is 0 Å². The lowest BCUT2D eigenvalue weighted by Gasteiger charge is -2.15. The van der Waals surface area contributed by atoms with Crippen LogP contribution in [0.2, 0.25) is 0 Å². The van der Waals surface area contributed by atoms with Crippen LogP contribution < -0.4 is 0 Å². The van der Waals surface area contributed by atoms with E-state index in [9.17, 15) is 4.79 Å². The van der Waals surface area contributed by atoms with Gasteiger partial charge in [0.1, 0.15) is 6.61 Å². The molecule has 0 saturated heterocycles. The Morgan fingerprint density at radius 1 is 1.50 bits per heavy atom. The molecule has 0 aromatic heterocycles. The molecule has 0 amide bonds. The molecule has 0 aliphatic heterocycles. The fraction of sp³-hybridized carbons (Fsp3) is 0.727. The van der Waals surface area contributed by atoms with Gasteiger partial charge in [0.15, 0.2) is 0 Å². The van der Waals surface area contributed by atoms with Crippen molar-refractivity contribution in [3.8, 4) is 0 Å². The largest absolute Gasteiger partial charge is 0.463 e. The Labute approximate surface area is 83.8 Å². The van der Waals surface area contributed by atoms with Gasteiger partial charge in [0.2, 0.25) is 0 Å². The summed E-state index contributed by atoms with van der Waals surface area (Å²) in [5.41, 5.74) is 0. The van der Waals surface area contributed by atoms with Crippen LogP contribution >= 0.6 is 0 Å². The van der Waals surface area contributed by atoms with Gasteiger partial charge in [-0.1, -0.05) is 12.2 Å². The van der Waals surface area contributed by atoms with Crippen molar-refractivity contribution in [2.75, 3.05) is 13.2 Å². The number of aliphatic hydroxyl groups is 1. The van der Waals surface area contributed by atoms with Crippen LogP contribution in [0.3, 0.4) is 0 Å². The smallest absolute Gasteiger partial charge is 0.309 e. The number of esters is 1. The van der Waals surface area contributed by atoms with E-state index < -0.39 is 0 Å². The third-order valence-corrected chi connectivity index (χ3v) is 3.20. The number of aliphatic hydroxyl groups excluding tert-OH is 1. The number of allylic oxidation sites excluding steroid dienone is 2. The zero-order chi connectivity index (χ0) is 9.97. The summed E-state index contributed by atoms with van der Waals surface area (Å²) < 4.78 is 4.96. The van der Waals surface area contributed by atoms with E-state index in [1.807, 2.05) is 0 Å². The van der Waals surface area contributed by atoms with Crippen LogP contribution in [0, 0.1) is 17.8 Å². The Morgan fingerprint density at radius 2 is 2.36 bits per heavy atom. The van der Waals surface area contributed by atoms with Crippen molar-refractivity contribution < 1.29 is 14.6 Å². The Hall–Kier alpha value is -0.830. The van der Waals surface area contributed by atoms with Gasteiger partial charge >= 0.3 is 5.97 Å². The molecule has 14 heavy (non-hydrogen) atoms. The molecule has 3 unspecified atom stereocenters. The number of rotatable bonds is 3. The van der Waals surface area contributed by atoms with Gasteiger partial charge in [-0.2, -0.15) is 0 Å². The maximum Gasteiger partial charge on any atom is 0.309 e. The van der Waals surface area contributed by atoms with Crippen LogP contribution in [0.1, 0.15) is 19.3 Å². The minimum Gasteiger partial charge on any atom is -0.463 e. The van der Waals surface area contributed by atoms with Crippen LogP contribution in [0.5, 0.6) is 0 Å². The zero-order valence-corrected chi connectivity index (χ0v) is 8.19. The minimum absolute atomic E-state index is 0.0466.